The maximum atomic E-state index is 4.12. The van der Waals surface area contributed by atoms with Gasteiger partial charge in [-0.2, -0.15) is 0 Å². The van der Waals surface area contributed by atoms with Crippen LogP contribution in [-0.4, -0.2) is 16.5 Å². The molecule has 0 spiro atoms. The predicted octanol–water partition coefficient (Wildman–Crippen LogP) is 8.12. The molecule has 0 radical (unpaired) electrons. The zero-order chi connectivity index (χ0) is 23.2. The molecule has 2 aliphatic rings. The number of pyridine rings is 2. The summed E-state index contributed by atoms with van der Waals surface area (Å²) in [6, 6.07) is 19.2. The van der Waals surface area contributed by atoms with Crippen LogP contribution in [0.4, 0.5) is 5.69 Å². The van der Waals surface area contributed by atoms with Crippen LogP contribution in [0.1, 0.15) is 56.6 Å². The minimum absolute atomic E-state index is 0.949. The average molecular weight is 448 g/mol. The van der Waals surface area contributed by atoms with Gasteiger partial charge in [-0.1, -0.05) is 55.7 Å². The second kappa shape index (κ2) is 10.6. The molecule has 0 unspecified atom stereocenters. The Morgan fingerprint density at radius 1 is 0.853 bits per heavy atom. The maximum Gasteiger partial charge on any atom is 0.0886 e. The number of nitrogens with one attached hydrogen (secondary N) is 1. The second-order valence-electron chi connectivity index (χ2n) is 9.16. The standard InChI is InChI=1S/C23H27N.C8H6N2/c1-2-3-6-15-24-19-12-9-18-11-13-21-20-8-5-4-7-17(20)10-14-22(21)23(18)16-19;1-3-7-8(9-5-1)4-2-6-10-7/h5,8-9,11-13,16,24H,2-4,6-7,10,14-15H2,1H3;1-6H. The lowest BCUT2D eigenvalue weighted by Gasteiger charge is -2.25. The zero-order valence-electron chi connectivity index (χ0n) is 20.1. The second-order valence-corrected chi connectivity index (χ2v) is 9.16. The molecule has 4 aromatic rings. The Morgan fingerprint density at radius 3 is 2.44 bits per heavy atom. The number of allylic oxidation sites excluding steroid dienone is 4. The van der Waals surface area contributed by atoms with Crippen LogP contribution in [0.15, 0.2) is 84.7 Å². The van der Waals surface area contributed by atoms with E-state index >= 15 is 0 Å². The highest BCUT2D eigenvalue weighted by molar-refractivity contribution is 5.95. The molecular weight excluding hydrogens is 414 g/mol. The molecule has 3 heteroatoms. The molecule has 6 rings (SSSR count). The fraction of sp³-hybridized carbons (Fsp3) is 0.290. The Balaban J connectivity index is 0.000000200. The van der Waals surface area contributed by atoms with Crippen molar-refractivity contribution in [3.63, 3.8) is 0 Å². The third kappa shape index (κ3) is 4.89. The van der Waals surface area contributed by atoms with Crippen LogP contribution in [0.5, 0.6) is 0 Å². The van der Waals surface area contributed by atoms with Crippen molar-refractivity contribution >= 4 is 33.1 Å². The number of nitrogens with zero attached hydrogens (tertiary/aromatic N) is 2. The molecule has 3 nitrogen and oxygen atoms in total. The molecule has 2 aromatic heterocycles. The van der Waals surface area contributed by atoms with Gasteiger partial charge >= 0.3 is 0 Å². The number of rotatable bonds is 5. The molecule has 0 atom stereocenters. The smallest absolute Gasteiger partial charge is 0.0886 e. The van der Waals surface area contributed by atoms with Crippen LogP contribution in [0.3, 0.4) is 0 Å². The van der Waals surface area contributed by atoms with E-state index in [1.165, 1.54) is 72.5 Å². The van der Waals surface area contributed by atoms with Crippen molar-refractivity contribution in [2.24, 2.45) is 0 Å². The molecule has 0 saturated heterocycles. The summed E-state index contributed by atoms with van der Waals surface area (Å²) in [5, 5.41) is 6.42. The number of hydrogen-bond acceptors (Lipinski definition) is 3. The van der Waals surface area contributed by atoms with E-state index in [2.05, 4.69) is 64.7 Å². The molecule has 172 valence electrons. The number of aromatic nitrogens is 2. The van der Waals surface area contributed by atoms with Crippen molar-refractivity contribution in [2.75, 3.05) is 11.9 Å². The van der Waals surface area contributed by atoms with E-state index in [0.29, 0.717) is 0 Å². The van der Waals surface area contributed by atoms with Gasteiger partial charge in [-0.05, 0) is 96.0 Å². The third-order valence-corrected chi connectivity index (χ3v) is 6.86. The summed E-state index contributed by atoms with van der Waals surface area (Å²) in [5.41, 5.74) is 9.36. The van der Waals surface area contributed by atoms with Crippen molar-refractivity contribution in [1.82, 2.24) is 9.97 Å². The highest BCUT2D eigenvalue weighted by atomic mass is 14.9. The largest absolute Gasteiger partial charge is 0.385 e. The number of hydrogen-bond donors (Lipinski definition) is 1. The molecule has 2 aliphatic carbocycles. The van der Waals surface area contributed by atoms with E-state index in [-0.39, 0.29) is 0 Å². The Kier molecular flexibility index (Phi) is 6.99. The van der Waals surface area contributed by atoms with Crippen molar-refractivity contribution in [2.45, 2.75) is 51.9 Å². The fourth-order valence-corrected chi connectivity index (χ4v) is 5.05. The van der Waals surface area contributed by atoms with Crippen LogP contribution in [-0.2, 0) is 6.42 Å². The Labute approximate surface area is 202 Å². The van der Waals surface area contributed by atoms with Crippen LogP contribution in [0.25, 0.3) is 27.4 Å². The molecule has 2 aromatic carbocycles. The first-order valence-corrected chi connectivity index (χ1v) is 12.7. The van der Waals surface area contributed by atoms with Crippen LogP contribution in [0.2, 0.25) is 0 Å². The van der Waals surface area contributed by atoms with Gasteiger partial charge in [0.25, 0.3) is 0 Å². The van der Waals surface area contributed by atoms with E-state index in [9.17, 15) is 0 Å². The SMILES string of the molecule is CCCCCNc1ccc2ccc3c(c2c1)CCC1=C3C=CCC1.c1cnc2cccnc2c1. The molecule has 2 heterocycles. The minimum Gasteiger partial charge on any atom is -0.385 e. The number of aryl methyl sites for hydroxylation is 1. The van der Waals surface area contributed by atoms with Crippen LogP contribution < -0.4 is 5.32 Å². The van der Waals surface area contributed by atoms with Gasteiger partial charge in [-0.25, -0.2) is 0 Å². The molecule has 0 bridgehead atoms. The lowest BCUT2D eigenvalue weighted by molar-refractivity contribution is 0.744. The Morgan fingerprint density at radius 2 is 1.65 bits per heavy atom. The van der Waals surface area contributed by atoms with Crippen molar-refractivity contribution in [3.8, 4) is 0 Å². The normalized spacial score (nSPS) is 14.4. The molecule has 0 fully saturated rings. The Bertz CT molecular complexity index is 1280. The maximum absolute atomic E-state index is 4.12. The first kappa shape index (κ1) is 22.3. The predicted molar refractivity (Wildman–Crippen MR) is 145 cm³/mol. The summed E-state index contributed by atoms with van der Waals surface area (Å²) in [5.74, 6) is 0. The van der Waals surface area contributed by atoms with Crippen LogP contribution in [0, 0.1) is 0 Å². The number of benzene rings is 2. The van der Waals surface area contributed by atoms with Gasteiger partial charge in [0, 0.05) is 24.6 Å². The summed E-state index contributed by atoms with van der Waals surface area (Å²) >= 11 is 0. The molecule has 34 heavy (non-hydrogen) atoms. The summed E-state index contributed by atoms with van der Waals surface area (Å²) in [6.45, 7) is 3.33. The summed E-state index contributed by atoms with van der Waals surface area (Å²) in [6.07, 6.45) is 17.0. The molecule has 0 aliphatic heterocycles. The van der Waals surface area contributed by atoms with Gasteiger partial charge in [0.1, 0.15) is 0 Å². The third-order valence-electron chi connectivity index (χ3n) is 6.86. The Hall–Kier alpha value is -3.46. The van der Waals surface area contributed by atoms with E-state index in [1.807, 2.05) is 24.3 Å². The van der Waals surface area contributed by atoms with E-state index < -0.39 is 0 Å². The molecule has 0 amide bonds. The number of fused-ring (bicyclic) bond motifs is 5. The van der Waals surface area contributed by atoms with Crippen molar-refractivity contribution in [1.29, 1.82) is 0 Å². The highest BCUT2D eigenvalue weighted by Gasteiger charge is 2.20. The van der Waals surface area contributed by atoms with E-state index in [1.54, 1.807) is 23.5 Å². The highest BCUT2D eigenvalue weighted by Crippen LogP contribution is 2.40. The zero-order valence-corrected chi connectivity index (χ0v) is 20.1. The fourth-order valence-electron chi connectivity index (χ4n) is 5.05. The van der Waals surface area contributed by atoms with Gasteiger partial charge < -0.3 is 5.32 Å². The quantitative estimate of drug-likeness (QED) is 0.314. The molecule has 0 saturated carbocycles. The first-order chi connectivity index (χ1) is 16.8. The van der Waals surface area contributed by atoms with Gasteiger partial charge in [-0.15, -0.1) is 0 Å². The molecule has 1 N–H and O–H groups in total. The van der Waals surface area contributed by atoms with E-state index in [0.717, 1.165) is 17.6 Å². The van der Waals surface area contributed by atoms with Gasteiger partial charge in [0.05, 0.1) is 11.0 Å². The summed E-state index contributed by atoms with van der Waals surface area (Å²) in [4.78, 5) is 8.24. The number of anilines is 1. The topological polar surface area (TPSA) is 37.8 Å². The van der Waals surface area contributed by atoms with Crippen LogP contribution >= 0.6 is 0 Å². The van der Waals surface area contributed by atoms with Crippen molar-refractivity contribution in [3.05, 3.63) is 95.8 Å². The molecular formula is C31H33N3. The van der Waals surface area contributed by atoms with Gasteiger partial charge in [0.15, 0.2) is 0 Å². The van der Waals surface area contributed by atoms with Gasteiger partial charge in [0.2, 0.25) is 0 Å². The minimum atomic E-state index is 0.949. The summed E-state index contributed by atoms with van der Waals surface area (Å²) in [7, 11) is 0. The lowest BCUT2D eigenvalue weighted by Crippen LogP contribution is -2.07. The first-order valence-electron chi connectivity index (χ1n) is 12.7. The lowest BCUT2D eigenvalue weighted by atomic mass is 9.79. The monoisotopic (exact) mass is 447 g/mol. The average Bonchev–Trinajstić information content (AvgIpc) is 2.91. The number of unbranched alkanes of at least 4 members (excludes halogenated alkanes) is 2. The van der Waals surface area contributed by atoms with Crippen molar-refractivity contribution < 1.29 is 0 Å². The van der Waals surface area contributed by atoms with E-state index in [4.69, 9.17) is 0 Å². The van der Waals surface area contributed by atoms with Gasteiger partial charge in [-0.3, -0.25) is 9.97 Å². The summed E-state index contributed by atoms with van der Waals surface area (Å²) < 4.78 is 0.